The van der Waals surface area contributed by atoms with Crippen molar-refractivity contribution < 1.29 is 98.1 Å². The Hall–Kier alpha value is -3.62. The number of rotatable bonds is 16. The minimum absolute atomic E-state index is 0.00278. The van der Waals surface area contributed by atoms with E-state index in [4.69, 9.17) is 35.7 Å². The molecular weight excluding hydrogens is 1180 g/mol. The molecule has 8 aliphatic heterocycles. The summed E-state index contributed by atoms with van der Waals surface area (Å²) in [4.78, 5) is 72.2. The molecule has 0 spiro atoms. The molecule has 476 valence electrons. The van der Waals surface area contributed by atoms with Gasteiger partial charge in [-0.05, 0) is 70.1 Å². The zero-order valence-electron chi connectivity index (χ0n) is 49.6. The van der Waals surface area contributed by atoms with Crippen molar-refractivity contribution in [3.63, 3.8) is 0 Å². The minimum Gasteiger partial charge on any atom is -0.458 e. The Morgan fingerprint density at radius 2 is 0.774 bits per heavy atom. The maximum Gasteiger partial charge on any atom is 0.325 e. The summed E-state index contributed by atoms with van der Waals surface area (Å²) in [7, 11) is -14.1. The van der Waals surface area contributed by atoms with Crippen molar-refractivity contribution in [2.75, 3.05) is 13.1 Å². The van der Waals surface area contributed by atoms with Crippen LogP contribution in [-0.2, 0) is 105 Å². The van der Waals surface area contributed by atoms with Crippen molar-refractivity contribution in [3.8, 4) is 0 Å². The molecular formula is C54H84N4O22S4. The molecule has 12 aliphatic rings. The zero-order chi connectivity index (χ0) is 62.0. The largest absolute Gasteiger partial charge is 0.458 e. The van der Waals surface area contributed by atoms with Crippen LogP contribution in [0.25, 0.3) is 0 Å². The topological polar surface area (TPSA) is 361 Å². The zero-order valence-corrected chi connectivity index (χ0v) is 52.9. The van der Waals surface area contributed by atoms with Crippen molar-refractivity contribution in [1.29, 1.82) is 0 Å². The van der Waals surface area contributed by atoms with E-state index in [1.165, 1.54) is 0 Å². The van der Waals surface area contributed by atoms with E-state index in [0.717, 1.165) is 19.3 Å². The lowest BCUT2D eigenvalue weighted by molar-refractivity contribution is -0.156. The Kier molecular flexibility index (Phi) is 17.6. The number of fused-ring (bicyclic) bond motifs is 4. The van der Waals surface area contributed by atoms with Gasteiger partial charge in [-0.1, -0.05) is 83.1 Å². The van der Waals surface area contributed by atoms with Crippen molar-refractivity contribution in [1.82, 2.24) is 21.3 Å². The molecule has 84 heavy (non-hydrogen) atoms. The highest BCUT2D eigenvalue weighted by Crippen LogP contribution is 2.56. The molecule has 12 rings (SSSR count). The molecule has 26 nitrogen and oxygen atoms in total. The highest BCUT2D eigenvalue weighted by atomic mass is 32.2. The molecule has 4 N–H and O–H groups in total. The number of hydrogen-bond acceptors (Lipinski definition) is 22. The van der Waals surface area contributed by atoms with E-state index in [-0.39, 0.29) is 96.4 Å². The third-order valence-electron chi connectivity index (χ3n) is 20.5. The van der Waals surface area contributed by atoms with E-state index in [1.807, 2.05) is 55.4 Å². The maximum atomic E-state index is 12.2. The first-order chi connectivity index (χ1) is 38.8. The number of ether oxygens (including phenoxy) is 4. The van der Waals surface area contributed by atoms with Gasteiger partial charge in [0.25, 0.3) is 40.5 Å². The average Bonchev–Trinajstić information content (AvgIpc) is 2.38. The van der Waals surface area contributed by atoms with Crippen LogP contribution < -0.4 is 21.3 Å². The molecule has 20 atom stereocenters. The standard InChI is InChI=1S/C15H23NO6S.C14H21NO7S.C13H21NO4S.C12H19NO5S/c1-4-15(2,3)14(18)16-7-11(17)21-12-8-5-9-10(6-8)23(19,20)22-13(9)12;1-4-14(2,3)13(17)15-6-9(16)21-10-7-5-8-11(20-7)12(10)22-23(8,18)19;1-4-13(2,3)12(15)14-10-7-5-8-9(6-7)19(16,17)18-11(8)10;1-4-12(2,3)11(14)13-8-6-5-7-9(17-6)10(8)18-19(7,15)16/h8-10,12-13H,4-7H2,1-3H3,(H,16,18);7-8,10-12H,4-6H2,1-3H3,(H,15,17);7-11H,4-6H2,1-3H3,(H,14,15);6-10H,4-5H2,1-3H3,(H,13,14). The smallest absolute Gasteiger partial charge is 0.325 e. The van der Waals surface area contributed by atoms with Gasteiger partial charge in [-0.25, -0.2) is 0 Å². The first kappa shape index (κ1) is 64.8. The van der Waals surface area contributed by atoms with Gasteiger partial charge in [-0.3, -0.25) is 45.5 Å². The molecule has 8 bridgehead atoms. The number of amides is 4. The quantitative estimate of drug-likeness (QED) is 0.126. The number of nitrogens with one attached hydrogen (secondary N) is 4. The molecule has 4 amide bonds. The third kappa shape index (κ3) is 11.9. The predicted octanol–water partition coefficient (Wildman–Crippen LogP) is 1.53. The van der Waals surface area contributed by atoms with Crippen LogP contribution in [0.1, 0.15) is 147 Å². The lowest BCUT2D eigenvalue weighted by Gasteiger charge is -2.30. The molecule has 4 saturated carbocycles. The number of esters is 2. The van der Waals surface area contributed by atoms with Gasteiger partial charge in [-0.15, -0.1) is 0 Å². The second-order valence-corrected chi connectivity index (χ2v) is 34.3. The molecule has 12 fully saturated rings. The van der Waals surface area contributed by atoms with Crippen LogP contribution in [0.5, 0.6) is 0 Å². The molecule has 30 heteroatoms. The van der Waals surface area contributed by atoms with Gasteiger partial charge >= 0.3 is 11.9 Å². The lowest BCUT2D eigenvalue weighted by atomic mass is 9.87. The summed E-state index contributed by atoms with van der Waals surface area (Å²) >= 11 is 0. The number of carbonyl (C=O) groups is 6. The molecule has 0 aromatic heterocycles. The second-order valence-electron chi connectivity index (χ2n) is 27.1. The maximum absolute atomic E-state index is 12.2. The highest BCUT2D eigenvalue weighted by molar-refractivity contribution is 7.88. The predicted molar refractivity (Wildman–Crippen MR) is 295 cm³/mol. The van der Waals surface area contributed by atoms with E-state index < -0.39 is 139 Å². The third-order valence-corrected chi connectivity index (χ3v) is 27.4. The Bertz CT molecular complexity index is 2890. The summed E-state index contributed by atoms with van der Waals surface area (Å²) < 4.78 is 137. The van der Waals surface area contributed by atoms with Crippen LogP contribution in [0.15, 0.2) is 0 Å². The summed E-state index contributed by atoms with van der Waals surface area (Å²) in [6.07, 6.45) is 1.08. The molecule has 8 saturated heterocycles. The van der Waals surface area contributed by atoms with Crippen LogP contribution in [0.3, 0.4) is 0 Å². The first-order valence-corrected chi connectivity index (χ1v) is 35.3. The number of carbonyl (C=O) groups excluding carboxylic acids is 6. The summed E-state index contributed by atoms with van der Waals surface area (Å²) in [6.45, 7) is 22.0. The average molecular weight is 1270 g/mol. The monoisotopic (exact) mass is 1270 g/mol. The minimum atomic E-state index is -3.63. The van der Waals surface area contributed by atoms with Gasteiger partial charge in [0.05, 0.1) is 34.8 Å². The van der Waals surface area contributed by atoms with E-state index in [1.54, 1.807) is 27.7 Å². The first-order valence-electron chi connectivity index (χ1n) is 29.4. The van der Waals surface area contributed by atoms with Crippen molar-refractivity contribution >= 4 is 76.0 Å². The summed E-state index contributed by atoms with van der Waals surface area (Å²) in [5, 5.41) is 9.11. The second kappa shape index (κ2) is 22.8. The lowest BCUT2D eigenvalue weighted by Crippen LogP contribution is -2.53. The SMILES string of the molecule is CCC(C)(C)C(=O)NC1C2CC3C(O2)C1OS3(=O)=O.CCC(C)(C)C(=O)NC1C2CC3C1OS(=O)(=O)C3C2.CCC(C)(C)C(=O)NCC(=O)OC1C2CC3C(O2)C1OS3(=O)=O.CCC(C)(C)C(=O)NCC(=O)OC1C2CC3C1OS(=O)(=O)C3C2. The van der Waals surface area contributed by atoms with Gasteiger partial charge in [0.1, 0.15) is 66.3 Å². The molecule has 20 unspecified atom stereocenters. The molecule has 4 aliphatic carbocycles. The molecule has 8 heterocycles. The van der Waals surface area contributed by atoms with Crippen LogP contribution in [0.4, 0.5) is 0 Å². The Morgan fingerprint density at radius 1 is 0.405 bits per heavy atom. The summed E-state index contributed by atoms with van der Waals surface area (Å²) in [5.41, 5.74) is -1.99. The van der Waals surface area contributed by atoms with Gasteiger partial charge < -0.3 is 40.2 Å². The fourth-order valence-electron chi connectivity index (χ4n) is 13.5. The van der Waals surface area contributed by atoms with Crippen molar-refractivity contribution in [2.24, 2.45) is 45.3 Å². The summed E-state index contributed by atoms with van der Waals surface area (Å²) in [6, 6.07) is -0.478. The van der Waals surface area contributed by atoms with E-state index in [2.05, 4.69) is 21.3 Å². The van der Waals surface area contributed by atoms with E-state index in [0.29, 0.717) is 38.5 Å². The Labute approximate surface area is 492 Å². The van der Waals surface area contributed by atoms with Gasteiger partial charge in [0, 0.05) is 39.4 Å². The number of hydrogen-bond donors (Lipinski definition) is 4. The van der Waals surface area contributed by atoms with E-state index in [9.17, 15) is 62.4 Å². The highest BCUT2D eigenvalue weighted by Gasteiger charge is 2.69. The van der Waals surface area contributed by atoms with Crippen LogP contribution in [0, 0.1) is 45.3 Å². The van der Waals surface area contributed by atoms with Gasteiger partial charge in [0.2, 0.25) is 23.6 Å². The fourth-order valence-corrected chi connectivity index (χ4v) is 20.6. The molecule has 0 aromatic rings. The fraction of sp³-hybridized carbons (Fsp3) is 0.889. The van der Waals surface area contributed by atoms with Crippen molar-refractivity contribution in [2.45, 2.75) is 241 Å². The van der Waals surface area contributed by atoms with Crippen LogP contribution >= 0.6 is 0 Å². The van der Waals surface area contributed by atoms with Gasteiger partial charge in [-0.2, -0.15) is 33.7 Å². The van der Waals surface area contributed by atoms with Crippen LogP contribution in [0.2, 0.25) is 0 Å². The van der Waals surface area contributed by atoms with Crippen LogP contribution in [-0.4, -0.2) is 176 Å². The Balaban J connectivity index is 0.000000135. The Morgan fingerprint density at radius 3 is 1.29 bits per heavy atom. The summed E-state index contributed by atoms with van der Waals surface area (Å²) in [5.74, 6) is -1.37. The van der Waals surface area contributed by atoms with Crippen molar-refractivity contribution in [3.05, 3.63) is 0 Å². The molecule has 0 radical (unpaired) electrons. The molecule has 0 aromatic carbocycles. The normalized spacial score (nSPS) is 39.5. The van der Waals surface area contributed by atoms with Gasteiger partial charge in [0.15, 0.2) is 6.10 Å². The van der Waals surface area contributed by atoms with E-state index >= 15 is 0 Å².